The summed E-state index contributed by atoms with van der Waals surface area (Å²) in [6.45, 7) is 1.75. The number of pyridine rings is 1. The highest BCUT2D eigenvalue weighted by atomic mass is 16.5. The number of aromatic nitrogens is 5. The Morgan fingerprint density at radius 3 is 2.89 bits per heavy atom. The van der Waals surface area contributed by atoms with Crippen LogP contribution in [0, 0.1) is 6.92 Å². The third-order valence-electron chi connectivity index (χ3n) is 3.95. The van der Waals surface area contributed by atoms with E-state index in [1.165, 1.54) is 0 Å². The second kappa shape index (κ2) is 6.87. The van der Waals surface area contributed by atoms with Gasteiger partial charge in [0.15, 0.2) is 11.5 Å². The summed E-state index contributed by atoms with van der Waals surface area (Å²) < 4.78 is 12.1. The molecule has 9 nitrogen and oxygen atoms in total. The van der Waals surface area contributed by atoms with Crippen molar-refractivity contribution < 1.29 is 14.1 Å². The van der Waals surface area contributed by atoms with E-state index in [1.807, 2.05) is 18.2 Å². The van der Waals surface area contributed by atoms with Crippen molar-refractivity contribution in [3.63, 3.8) is 0 Å². The van der Waals surface area contributed by atoms with Crippen molar-refractivity contribution in [1.29, 1.82) is 0 Å². The lowest BCUT2D eigenvalue weighted by molar-refractivity contribution is -0.115. The first-order valence-corrected chi connectivity index (χ1v) is 8.21. The Bertz CT molecular complexity index is 1120. The van der Waals surface area contributed by atoms with Gasteiger partial charge in [-0.1, -0.05) is 17.3 Å². The Kier molecular flexibility index (Phi) is 4.25. The second-order valence-corrected chi connectivity index (χ2v) is 5.83. The average Bonchev–Trinajstić information content (AvgIpc) is 3.28. The summed E-state index contributed by atoms with van der Waals surface area (Å²) in [6.07, 6.45) is 1.84. The fourth-order valence-corrected chi connectivity index (χ4v) is 2.69. The quantitative estimate of drug-likeness (QED) is 0.579. The molecule has 0 radical (unpaired) electrons. The van der Waals surface area contributed by atoms with E-state index in [4.69, 9.17) is 9.26 Å². The number of aryl methyl sites for hydroxylation is 1. The van der Waals surface area contributed by atoms with Crippen molar-refractivity contribution in [3.05, 3.63) is 54.2 Å². The molecular weight excluding hydrogens is 348 g/mol. The molecule has 4 aromatic rings. The molecule has 0 saturated carbocycles. The van der Waals surface area contributed by atoms with Gasteiger partial charge in [0.25, 0.3) is 5.89 Å². The number of nitrogens with zero attached hydrogens (tertiary/aromatic N) is 5. The van der Waals surface area contributed by atoms with Crippen molar-refractivity contribution in [1.82, 2.24) is 24.7 Å². The summed E-state index contributed by atoms with van der Waals surface area (Å²) in [5, 5.41) is 14.8. The highest BCUT2D eigenvalue weighted by Crippen LogP contribution is 2.23. The van der Waals surface area contributed by atoms with Crippen molar-refractivity contribution in [2.75, 3.05) is 12.4 Å². The predicted octanol–water partition coefficient (Wildman–Crippen LogP) is 2.28. The Hall–Kier alpha value is -3.75. The Morgan fingerprint density at radius 2 is 2.11 bits per heavy atom. The van der Waals surface area contributed by atoms with Crippen LogP contribution in [0.3, 0.4) is 0 Å². The molecule has 3 aromatic heterocycles. The molecule has 27 heavy (non-hydrogen) atoms. The number of anilines is 1. The van der Waals surface area contributed by atoms with Crippen molar-refractivity contribution in [2.24, 2.45) is 0 Å². The van der Waals surface area contributed by atoms with Crippen LogP contribution in [0.4, 0.5) is 5.69 Å². The number of hydrogen-bond donors (Lipinski definition) is 1. The first-order chi connectivity index (χ1) is 13.1. The lowest BCUT2D eigenvalue weighted by Gasteiger charge is -2.09. The van der Waals surface area contributed by atoms with Gasteiger partial charge in [-0.25, -0.2) is 0 Å². The summed E-state index contributed by atoms with van der Waals surface area (Å²) in [5.74, 6) is 1.86. The molecule has 0 spiro atoms. The minimum absolute atomic E-state index is 0.0677. The van der Waals surface area contributed by atoms with Gasteiger partial charge in [-0.05, 0) is 31.2 Å². The zero-order valence-corrected chi connectivity index (χ0v) is 14.7. The highest BCUT2D eigenvalue weighted by Gasteiger charge is 2.14. The van der Waals surface area contributed by atoms with Crippen LogP contribution in [-0.4, -0.2) is 37.8 Å². The molecule has 0 unspecified atom stereocenters. The van der Waals surface area contributed by atoms with Crippen LogP contribution in [0.25, 0.3) is 17.1 Å². The standard InChI is InChI=1S/C18H16N6O3/c1-11-19-18(27-23-11)12-7-8-24-15(9-12)21-22-16(24)10-17(25)20-13-5-3-4-6-14(13)26-2/h3-9H,10H2,1-2H3,(H,20,25). The van der Waals surface area contributed by atoms with E-state index in [0.717, 1.165) is 5.56 Å². The molecule has 9 heteroatoms. The third-order valence-corrected chi connectivity index (χ3v) is 3.95. The average molecular weight is 364 g/mol. The summed E-state index contributed by atoms with van der Waals surface area (Å²) in [7, 11) is 1.56. The minimum Gasteiger partial charge on any atom is -0.495 e. The molecule has 0 saturated heterocycles. The zero-order chi connectivity index (χ0) is 18.8. The molecule has 0 atom stereocenters. The van der Waals surface area contributed by atoms with E-state index >= 15 is 0 Å². The number of ether oxygens (including phenoxy) is 1. The number of carbonyl (C=O) groups excluding carboxylic acids is 1. The normalized spacial score (nSPS) is 10.9. The first-order valence-electron chi connectivity index (χ1n) is 8.21. The van der Waals surface area contributed by atoms with Gasteiger partial charge in [-0.15, -0.1) is 10.2 Å². The molecule has 0 aliphatic heterocycles. The molecule has 3 heterocycles. The van der Waals surface area contributed by atoms with Gasteiger partial charge in [-0.3, -0.25) is 9.20 Å². The summed E-state index contributed by atoms with van der Waals surface area (Å²) in [5.41, 5.74) is 1.93. The summed E-state index contributed by atoms with van der Waals surface area (Å²) in [4.78, 5) is 16.6. The fraction of sp³-hybridized carbons (Fsp3) is 0.167. The van der Waals surface area contributed by atoms with Crippen LogP contribution >= 0.6 is 0 Å². The van der Waals surface area contributed by atoms with Gasteiger partial charge >= 0.3 is 0 Å². The van der Waals surface area contributed by atoms with E-state index < -0.39 is 0 Å². The number of fused-ring (bicyclic) bond motifs is 1. The maximum Gasteiger partial charge on any atom is 0.258 e. The molecule has 1 N–H and O–H groups in total. The van der Waals surface area contributed by atoms with Gasteiger partial charge < -0.3 is 14.6 Å². The number of para-hydroxylation sites is 2. The zero-order valence-electron chi connectivity index (χ0n) is 14.7. The molecule has 0 aliphatic carbocycles. The molecule has 4 rings (SSSR count). The molecule has 1 amide bonds. The molecule has 136 valence electrons. The van der Waals surface area contributed by atoms with Gasteiger partial charge in [-0.2, -0.15) is 4.98 Å². The lowest BCUT2D eigenvalue weighted by Crippen LogP contribution is -2.16. The van der Waals surface area contributed by atoms with Crippen molar-refractivity contribution in [2.45, 2.75) is 13.3 Å². The number of nitrogens with one attached hydrogen (secondary N) is 1. The van der Waals surface area contributed by atoms with Crippen LogP contribution in [-0.2, 0) is 11.2 Å². The van der Waals surface area contributed by atoms with Crippen LogP contribution in [0.1, 0.15) is 11.6 Å². The van der Waals surface area contributed by atoms with Crippen LogP contribution in [0.2, 0.25) is 0 Å². The van der Waals surface area contributed by atoms with Crippen molar-refractivity contribution in [3.8, 4) is 17.2 Å². The predicted molar refractivity (Wildman–Crippen MR) is 96.3 cm³/mol. The second-order valence-electron chi connectivity index (χ2n) is 5.83. The molecular formula is C18H16N6O3. The summed E-state index contributed by atoms with van der Waals surface area (Å²) >= 11 is 0. The highest BCUT2D eigenvalue weighted by molar-refractivity contribution is 5.93. The van der Waals surface area contributed by atoms with E-state index in [1.54, 1.807) is 42.8 Å². The van der Waals surface area contributed by atoms with Gasteiger partial charge in [0.1, 0.15) is 11.6 Å². The van der Waals surface area contributed by atoms with Crippen LogP contribution in [0.15, 0.2) is 47.1 Å². The Morgan fingerprint density at radius 1 is 1.26 bits per heavy atom. The smallest absolute Gasteiger partial charge is 0.258 e. The van der Waals surface area contributed by atoms with E-state index in [9.17, 15) is 4.79 Å². The topological polar surface area (TPSA) is 107 Å². The molecule has 0 fully saturated rings. The first kappa shape index (κ1) is 16.7. The number of carbonyl (C=O) groups is 1. The van der Waals surface area contributed by atoms with E-state index in [0.29, 0.717) is 34.6 Å². The monoisotopic (exact) mass is 364 g/mol. The summed E-state index contributed by atoms with van der Waals surface area (Å²) in [6, 6.07) is 10.8. The largest absolute Gasteiger partial charge is 0.495 e. The molecule has 0 aliphatic rings. The third kappa shape index (κ3) is 3.34. The number of rotatable bonds is 5. The maximum absolute atomic E-state index is 12.4. The molecule has 0 bridgehead atoms. The van der Waals surface area contributed by atoms with Crippen LogP contribution in [0.5, 0.6) is 5.75 Å². The minimum atomic E-state index is -0.217. The van der Waals surface area contributed by atoms with Gasteiger partial charge in [0.05, 0.1) is 19.2 Å². The number of benzene rings is 1. The Labute approximate surface area is 154 Å². The number of amides is 1. The number of hydrogen-bond acceptors (Lipinski definition) is 7. The molecule has 1 aromatic carbocycles. The number of methoxy groups -OCH3 is 1. The van der Waals surface area contributed by atoms with Crippen LogP contribution < -0.4 is 10.1 Å². The van der Waals surface area contributed by atoms with Gasteiger partial charge in [0, 0.05) is 11.8 Å². The SMILES string of the molecule is COc1ccccc1NC(=O)Cc1nnc2cc(-c3nc(C)no3)ccn12. The fourth-order valence-electron chi connectivity index (χ4n) is 2.69. The van der Waals surface area contributed by atoms with Gasteiger partial charge in [0.2, 0.25) is 5.91 Å². The van der Waals surface area contributed by atoms with E-state index in [2.05, 4.69) is 25.7 Å². The maximum atomic E-state index is 12.4. The van der Waals surface area contributed by atoms with E-state index in [-0.39, 0.29) is 12.3 Å². The lowest BCUT2D eigenvalue weighted by atomic mass is 10.2. The Balaban J connectivity index is 1.55. The van der Waals surface area contributed by atoms with Crippen molar-refractivity contribution >= 4 is 17.2 Å².